The summed E-state index contributed by atoms with van der Waals surface area (Å²) < 4.78 is 4.45. The van der Waals surface area contributed by atoms with E-state index in [0.717, 1.165) is 17.9 Å². The predicted octanol–water partition coefficient (Wildman–Crippen LogP) is 4.26. The molecular weight excluding hydrogens is 342 g/mol. The van der Waals surface area contributed by atoms with Crippen LogP contribution in [0.4, 0.5) is 0 Å². The van der Waals surface area contributed by atoms with Gasteiger partial charge in [-0.05, 0) is 55.7 Å². The van der Waals surface area contributed by atoms with Gasteiger partial charge in [-0.25, -0.2) is 9.67 Å². The first-order valence-corrected chi connectivity index (χ1v) is 9.28. The van der Waals surface area contributed by atoms with Crippen molar-refractivity contribution in [2.24, 2.45) is 0 Å². The molecule has 3 aromatic rings. The van der Waals surface area contributed by atoms with Crippen molar-refractivity contribution in [3.63, 3.8) is 0 Å². The van der Waals surface area contributed by atoms with Crippen molar-refractivity contribution in [2.45, 2.75) is 53.2 Å². The minimum atomic E-state index is 0.178. The number of rotatable bonds is 4. The number of hydrogen-bond acceptors (Lipinski definition) is 4. The fraction of sp³-hybridized carbons (Fsp3) is 0.450. The van der Waals surface area contributed by atoms with Gasteiger partial charge < -0.3 is 0 Å². The summed E-state index contributed by atoms with van der Waals surface area (Å²) in [5.41, 5.74) is 4.82. The van der Waals surface area contributed by atoms with Gasteiger partial charge in [-0.1, -0.05) is 45.0 Å². The average Bonchev–Trinajstić information content (AvgIpc) is 2.82. The van der Waals surface area contributed by atoms with Crippen LogP contribution >= 0.6 is 12.2 Å². The number of benzene rings is 1. The molecule has 1 aromatic carbocycles. The van der Waals surface area contributed by atoms with E-state index in [1.165, 1.54) is 11.1 Å². The van der Waals surface area contributed by atoms with Gasteiger partial charge in [0.2, 0.25) is 4.77 Å². The minimum absolute atomic E-state index is 0.178. The van der Waals surface area contributed by atoms with Crippen LogP contribution in [0.3, 0.4) is 0 Å². The molecule has 0 atom stereocenters. The predicted molar refractivity (Wildman–Crippen MR) is 108 cm³/mol. The normalized spacial score (nSPS) is 12.3. The topological polar surface area (TPSA) is 38.4 Å². The maximum absolute atomic E-state index is 5.60. The lowest BCUT2D eigenvalue weighted by Gasteiger charge is -2.20. The summed E-state index contributed by atoms with van der Waals surface area (Å²) in [5.74, 6) is 0.662. The molecule has 0 saturated heterocycles. The van der Waals surface area contributed by atoms with Gasteiger partial charge in [-0.15, -0.1) is 5.10 Å². The van der Waals surface area contributed by atoms with Crippen LogP contribution in [0.2, 0.25) is 0 Å². The zero-order valence-corrected chi connectivity index (χ0v) is 17.3. The van der Waals surface area contributed by atoms with Crippen LogP contribution in [0.5, 0.6) is 0 Å². The number of hydrogen-bond donors (Lipinski definition) is 0. The molecular formula is C20H27N5S. The molecule has 0 spiro atoms. The van der Waals surface area contributed by atoms with Crippen molar-refractivity contribution < 1.29 is 0 Å². The average molecular weight is 370 g/mol. The maximum atomic E-state index is 5.60. The quantitative estimate of drug-likeness (QED) is 0.644. The zero-order chi connectivity index (χ0) is 19.1. The highest BCUT2D eigenvalue weighted by atomic mass is 32.1. The first kappa shape index (κ1) is 18.7. The summed E-state index contributed by atoms with van der Waals surface area (Å²) in [7, 11) is 2.08. The Bertz CT molecular complexity index is 976. The van der Waals surface area contributed by atoms with Crippen LogP contribution in [0.25, 0.3) is 5.78 Å². The Hall–Kier alpha value is -2.05. The highest BCUT2D eigenvalue weighted by Gasteiger charge is 2.14. The largest absolute Gasteiger partial charge is 0.283 e. The van der Waals surface area contributed by atoms with E-state index in [2.05, 4.69) is 67.1 Å². The maximum Gasteiger partial charge on any atom is 0.254 e. The molecule has 26 heavy (non-hydrogen) atoms. The summed E-state index contributed by atoms with van der Waals surface area (Å²) in [5, 5.41) is 4.58. The van der Waals surface area contributed by atoms with Crippen LogP contribution < -0.4 is 0 Å². The first-order valence-electron chi connectivity index (χ1n) is 8.87. The Morgan fingerprint density at radius 2 is 1.77 bits per heavy atom. The number of aryl methyl sites for hydroxylation is 2. The summed E-state index contributed by atoms with van der Waals surface area (Å²) in [6.45, 7) is 12.2. The minimum Gasteiger partial charge on any atom is -0.283 e. The van der Waals surface area contributed by atoms with Crippen LogP contribution in [0.15, 0.2) is 30.3 Å². The molecule has 0 aliphatic carbocycles. The highest BCUT2D eigenvalue weighted by Crippen LogP contribution is 2.22. The molecule has 0 radical (unpaired) electrons. The lowest BCUT2D eigenvalue weighted by atomic mass is 9.87. The monoisotopic (exact) mass is 369 g/mol. The Kier molecular flexibility index (Phi) is 4.99. The van der Waals surface area contributed by atoms with Crippen molar-refractivity contribution in [1.29, 1.82) is 0 Å². The van der Waals surface area contributed by atoms with Gasteiger partial charge in [-0.3, -0.25) is 9.30 Å². The second-order valence-corrected chi connectivity index (χ2v) is 8.42. The standard InChI is InChI=1S/C20H27N5S/c1-14-11-15(2)25-18(21-14)22-24(19(25)26)13-23(6)12-16-7-9-17(10-8-16)20(3,4)5/h7-11H,12-13H2,1-6H3. The molecule has 2 heterocycles. The molecule has 2 aromatic heterocycles. The lowest BCUT2D eigenvalue weighted by molar-refractivity contribution is 0.244. The summed E-state index contributed by atoms with van der Waals surface area (Å²) in [6, 6.07) is 10.9. The molecule has 0 amide bonds. The van der Waals surface area contributed by atoms with E-state index in [1.807, 2.05) is 29.0 Å². The van der Waals surface area contributed by atoms with Gasteiger partial charge >= 0.3 is 0 Å². The van der Waals surface area contributed by atoms with Gasteiger partial charge in [0.1, 0.15) is 0 Å². The third-order valence-electron chi connectivity index (χ3n) is 4.52. The fourth-order valence-electron chi connectivity index (χ4n) is 3.13. The van der Waals surface area contributed by atoms with E-state index in [0.29, 0.717) is 17.2 Å². The van der Waals surface area contributed by atoms with E-state index in [4.69, 9.17) is 12.2 Å². The smallest absolute Gasteiger partial charge is 0.254 e. The SMILES string of the molecule is Cc1cc(C)n2c(=S)n(CN(C)Cc3ccc(C(C)(C)C)cc3)nc2n1. The van der Waals surface area contributed by atoms with Crippen molar-refractivity contribution in [1.82, 2.24) is 24.1 Å². The second kappa shape index (κ2) is 6.93. The van der Waals surface area contributed by atoms with Crippen LogP contribution in [0, 0.1) is 18.6 Å². The third kappa shape index (κ3) is 3.86. The molecule has 0 aliphatic rings. The van der Waals surface area contributed by atoms with E-state index in [1.54, 1.807) is 0 Å². The lowest BCUT2D eigenvalue weighted by Crippen LogP contribution is -2.22. The van der Waals surface area contributed by atoms with Crippen LogP contribution in [0.1, 0.15) is 43.3 Å². The molecule has 0 saturated carbocycles. The van der Waals surface area contributed by atoms with E-state index in [9.17, 15) is 0 Å². The van der Waals surface area contributed by atoms with Crippen LogP contribution in [-0.4, -0.2) is 31.1 Å². The summed E-state index contributed by atoms with van der Waals surface area (Å²) >= 11 is 5.60. The summed E-state index contributed by atoms with van der Waals surface area (Å²) in [6.07, 6.45) is 0. The van der Waals surface area contributed by atoms with Gasteiger partial charge in [0, 0.05) is 17.9 Å². The van der Waals surface area contributed by atoms with E-state index >= 15 is 0 Å². The Balaban J connectivity index is 1.77. The van der Waals surface area contributed by atoms with Crippen molar-refractivity contribution in [3.05, 3.63) is 57.6 Å². The molecule has 0 unspecified atom stereocenters. The first-order chi connectivity index (χ1) is 12.1. The number of nitrogens with zero attached hydrogens (tertiary/aromatic N) is 5. The number of fused-ring (bicyclic) bond motifs is 1. The van der Waals surface area contributed by atoms with Gasteiger partial charge in [0.05, 0.1) is 6.67 Å². The van der Waals surface area contributed by atoms with Gasteiger partial charge in [0.15, 0.2) is 0 Å². The zero-order valence-electron chi connectivity index (χ0n) is 16.4. The van der Waals surface area contributed by atoms with Gasteiger partial charge in [-0.2, -0.15) is 0 Å². The van der Waals surface area contributed by atoms with Crippen LogP contribution in [-0.2, 0) is 18.6 Å². The Morgan fingerprint density at radius 1 is 1.12 bits per heavy atom. The highest BCUT2D eigenvalue weighted by molar-refractivity contribution is 7.71. The molecule has 3 rings (SSSR count). The Labute approximate surface area is 160 Å². The molecule has 0 N–H and O–H groups in total. The second-order valence-electron chi connectivity index (χ2n) is 8.06. The fourth-order valence-corrected chi connectivity index (χ4v) is 3.45. The molecule has 0 fully saturated rings. The molecule has 138 valence electrons. The van der Waals surface area contributed by atoms with Crippen molar-refractivity contribution >= 4 is 18.0 Å². The molecule has 6 heteroatoms. The van der Waals surface area contributed by atoms with Crippen molar-refractivity contribution in [2.75, 3.05) is 7.05 Å². The Morgan fingerprint density at radius 3 is 2.38 bits per heavy atom. The molecule has 0 bridgehead atoms. The third-order valence-corrected chi connectivity index (χ3v) is 4.91. The number of aromatic nitrogens is 4. The van der Waals surface area contributed by atoms with E-state index in [-0.39, 0.29) is 5.41 Å². The van der Waals surface area contributed by atoms with Crippen molar-refractivity contribution in [3.8, 4) is 0 Å². The summed E-state index contributed by atoms with van der Waals surface area (Å²) in [4.78, 5) is 6.69. The molecule has 5 nitrogen and oxygen atoms in total. The van der Waals surface area contributed by atoms with E-state index < -0.39 is 0 Å². The van der Waals surface area contributed by atoms with Gasteiger partial charge in [0.25, 0.3) is 5.78 Å². The molecule has 0 aliphatic heterocycles.